The molecule has 0 saturated heterocycles. The van der Waals surface area contributed by atoms with Crippen LogP contribution in [0.25, 0.3) is 10.8 Å². The third-order valence-electron chi connectivity index (χ3n) is 4.88. The van der Waals surface area contributed by atoms with Crippen molar-refractivity contribution in [1.82, 2.24) is 0 Å². The summed E-state index contributed by atoms with van der Waals surface area (Å²) in [7, 11) is 1.57. The first kappa shape index (κ1) is 23.8. The highest BCUT2D eigenvalue weighted by atomic mass is 35.5. The molecule has 0 aliphatic carbocycles. The topological polar surface area (TPSA) is 66.0 Å². The Hall–Kier alpha value is -3.39. The number of methoxy groups -OCH3 is 1. The van der Waals surface area contributed by atoms with Crippen molar-refractivity contribution in [3.05, 3.63) is 95.5 Å². The molecule has 0 aromatic heterocycles. The quantitative estimate of drug-likeness (QED) is 0.113. The van der Waals surface area contributed by atoms with Crippen LogP contribution in [-0.2, 0) is 4.33 Å². The fourth-order valence-electron chi connectivity index (χ4n) is 3.31. The van der Waals surface area contributed by atoms with Gasteiger partial charge in [0, 0.05) is 22.8 Å². The molecule has 0 spiro atoms. The normalized spacial score (nSPS) is 10.6. The van der Waals surface area contributed by atoms with Crippen LogP contribution in [0.1, 0.15) is 10.4 Å². The number of carbonyl (C=O) groups is 1. The summed E-state index contributed by atoms with van der Waals surface area (Å²) >= 11 is 7.34. The van der Waals surface area contributed by atoms with Gasteiger partial charge < -0.3 is 19.7 Å². The van der Waals surface area contributed by atoms with E-state index in [9.17, 15) is 4.79 Å². The molecule has 0 aliphatic heterocycles. The molecule has 6 nitrogen and oxygen atoms in total. The average Bonchev–Trinajstić information content (AvgIpc) is 2.87. The van der Waals surface area contributed by atoms with E-state index in [1.807, 2.05) is 42.5 Å². The first-order valence-electron chi connectivity index (χ1n) is 10.5. The van der Waals surface area contributed by atoms with Gasteiger partial charge in [-0.2, -0.15) is 0 Å². The van der Waals surface area contributed by atoms with Gasteiger partial charge in [0.2, 0.25) is 0 Å². The summed E-state index contributed by atoms with van der Waals surface area (Å²) in [5, 5.41) is 4.90. The summed E-state index contributed by atoms with van der Waals surface area (Å²) in [5.74, 6) is 1.74. The van der Waals surface area contributed by atoms with Crippen molar-refractivity contribution >= 4 is 46.0 Å². The second-order valence-corrected chi connectivity index (χ2v) is 8.26. The molecular weight excluding hydrogens is 474 g/mol. The molecule has 4 aromatic carbocycles. The Labute approximate surface area is 206 Å². The van der Waals surface area contributed by atoms with Crippen molar-refractivity contribution < 1.29 is 23.5 Å². The predicted molar refractivity (Wildman–Crippen MR) is 136 cm³/mol. The number of nitrogens with one attached hydrogen (secondary N) is 1. The van der Waals surface area contributed by atoms with E-state index < -0.39 is 0 Å². The first-order chi connectivity index (χ1) is 16.7. The summed E-state index contributed by atoms with van der Waals surface area (Å²) in [6.45, 7) is 0.283. The van der Waals surface area contributed by atoms with Crippen LogP contribution in [0, 0.1) is 0 Å². The van der Waals surface area contributed by atoms with Crippen molar-refractivity contribution in [2.45, 2.75) is 0 Å². The molecule has 0 radical (unpaired) electrons. The van der Waals surface area contributed by atoms with Gasteiger partial charge in [-0.1, -0.05) is 66.2 Å². The second kappa shape index (κ2) is 11.7. The number of anilines is 1. The van der Waals surface area contributed by atoms with Crippen LogP contribution in [-0.4, -0.2) is 25.4 Å². The third kappa shape index (κ3) is 5.75. The lowest BCUT2D eigenvalue weighted by molar-refractivity contribution is -0.0778. The van der Waals surface area contributed by atoms with Gasteiger partial charge in [0.1, 0.15) is 11.5 Å². The Bertz CT molecular complexity index is 1270. The van der Waals surface area contributed by atoms with Gasteiger partial charge in [-0.25, -0.2) is 0 Å². The highest BCUT2D eigenvalue weighted by Gasteiger charge is 2.20. The molecule has 4 aromatic rings. The van der Waals surface area contributed by atoms with Crippen LogP contribution in [0.3, 0.4) is 0 Å². The molecular formula is C26H22ClNO5S. The Morgan fingerprint density at radius 1 is 0.941 bits per heavy atom. The summed E-state index contributed by atoms with van der Waals surface area (Å²) in [4.78, 5) is 18.4. The van der Waals surface area contributed by atoms with Crippen LogP contribution in [0.15, 0.2) is 84.9 Å². The lowest BCUT2D eigenvalue weighted by Gasteiger charge is -2.17. The molecule has 1 amide bonds. The average molecular weight is 496 g/mol. The van der Waals surface area contributed by atoms with Gasteiger partial charge in [0.25, 0.3) is 5.91 Å². The van der Waals surface area contributed by atoms with E-state index in [1.54, 1.807) is 49.6 Å². The minimum atomic E-state index is -0.358. The number of hydrogen-bond acceptors (Lipinski definition) is 6. The molecule has 1 N–H and O–H groups in total. The van der Waals surface area contributed by atoms with Gasteiger partial charge in [-0.05, 0) is 30.3 Å². The van der Waals surface area contributed by atoms with Crippen molar-refractivity contribution in [2.75, 3.05) is 24.8 Å². The second-order valence-electron chi connectivity index (χ2n) is 7.07. The SMILES string of the molecule is COc1cc(C(=O)Nc2ccccc2Cl)c(OCCSOOc2ccccc2)c2ccccc12. The lowest BCUT2D eigenvalue weighted by Crippen LogP contribution is -2.15. The maximum atomic E-state index is 13.2. The zero-order chi connectivity index (χ0) is 23.8. The predicted octanol–water partition coefficient (Wildman–Crippen LogP) is 6.79. The molecule has 0 saturated carbocycles. The van der Waals surface area contributed by atoms with Gasteiger partial charge >= 0.3 is 0 Å². The van der Waals surface area contributed by atoms with E-state index in [2.05, 4.69) is 5.32 Å². The monoisotopic (exact) mass is 495 g/mol. The molecule has 4 rings (SSSR count). The molecule has 34 heavy (non-hydrogen) atoms. The van der Waals surface area contributed by atoms with E-state index >= 15 is 0 Å². The molecule has 8 heteroatoms. The fraction of sp³-hybridized carbons (Fsp3) is 0.115. The van der Waals surface area contributed by atoms with E-state index in [1.165, 1.54) is 0 Å². The largest absolute Gasteiger partial charge is 0.496 e. The van der Waals surface area contributed by atoms with Gasteiger partial charge in [-0.3, -0.25) is 4.79 Å². The number of rotatable bonds is 10. The molecule has 0 fully saturated rings. The van der Waals surface area contributed by atoms with Crippen molar-refractivity contribution in [3.8, 4) is 17.2 Å². The molecule has 0 unspecified atom stereocenters. The summed E-state index contributed by atoms with van der Waals surface area (Å²) < 4.78 is 16.8. The van der Waals surface area contributed by atoms with E-state index in [0.29, 0.717) is 39.3 Å². The molecule has 0 aliphatic rings. The summed E-state index contributed by atoms with van der Waals surface area (Å²) in [6.07, 6.45) is 0. The van der Waals surface area contributed by atoms with Crippen LogP contribution >= 0.6 is 23.6 Å². The minimum absolute atomic E-state index is 0.283. The number of amides is 1. The van der Waals surface area contributed by atoms with Gasteiger partial charge in [0.05, 0.1) is 35.7 Å². The number of para-hydroxylation sites is 2. The zero-order valence-electron chi connectivity index (χ0n) is 18.3. The van der Waals surface area contributed by atoms with Gasteiger partial charge in [-0.15, -0.1) is 4.33 Å². The van der Waals surface area contributed by atoms with Crippen molar-refractivity contribution in [1.29, 1.82) is 0 Å². The highest BCUT2D eigenvalue weighted by molar-refractivity contribution is 7.94. The fourth-order valence-corrected chi connectivity index (χ4v) is 3.84. The highest BCUT2D eigenvalue weighted by Crippen LogP contribution is 2.37. The number of hydrogen-bond donors (Lipinski definition) is 1. The van der Waals surface area contributed by atoms with Crippen molar-refractivity contribution in [3.63, 3.8) is 0 Å². The number of carbonyl (C=O) groups excluding carboxylic acids is 1. The number of fused-ring (bicyclic) bond motifs is 1. The molecule has 0 bridgehead atoms. The summed E-state index contributed by atoms with van der Waals surface area (Å²) in [5.41, 5.74) is 0.844. The van der Waals surface area contributed by atoms with E-state index in [-0.39, 0.29) is 12.5 Å². The number of ether oxygens (including phenoxy) is 2. The number of benzene rings is 4. The molecule has 0 atom stereocenters. The third-order valence-corrected chi connectivity index (χ3v) is 5.71. The minimum Gasteiger partial charge on any atom is -0.496 e. The maximum Gasteiger partial charge on any atom is 0.259 e. The Kier molecular flexibility index (Phi) is 8.14. The lowest BCUT2D eigenvalue weighted by atomic mass is 10.0. The maximum absolute atomic E-state index is 13.2. The Morgan fingerprint density at radius 2 is 1.65 bits per heavy atom. The zero-order valence-corrected chi connectivity index (χ0v) is 19.9. The molecule has 0 heterocycles. The smallest absolute Gasteiger partial charge is 0.259 e. The summed E-state index contributed by atoms with van der Waals surface area (Å²) in [6, 6.07) is 25.5. The van der Waals surface area contributed by atoms with Crippen LogP contribution in [0.5, 0.6) is 17.2 Å². The van der Waals surface area contributed by atoms with Gasteiger partial charge in [0.15, 0.2) is 5.75 Å². The van der Waals surface area contributed by atoms with Crippen LogP contribution in [0.4, 0.5) is 5.69 Å². The first-order valence-corrected chi connectivity index (χ1v) is 11.8. The van der Waals surface area contributed by atoms with E-state index in [4.69, 9.17) is 30.3 Å². The molecule has 174 valence electrons. The van der Waals surface area contributed by atoms with Crippen LogP contribution in [0.2, 0.25) is 5.02 Å². The van der Waals surface area contributed by atoms with Crippen LogP contribution < -0.4 is 19.7 Å². The van der Waals surface area contributed by atoms with Crippen molar-refractivity contribution in [2.24, 2.45) is 0 Å². The standard InChI is InChI=1S/C26H22ClNO5S/c1-30-24-17-21(26(29)28-23-14-8-7-13-22(23)27)25(20-12-6-5-11-19(20)24)31-15-16-34-33-32-18-9-3-2-4-10-18/h2-14,17H,15-16H2,1H3,(H,28,29). The number of halogens is 1. The Morgan fingerprint density at radius 3 is 2.41 bits per heavy atom. The Balaban J connectivity index is 1.51. The van der Waals surface area contributed by atoms with E-state index in [0.717, 1.165) is 22.8 Å².